The van der Waals surface area contributed by atoms with Gasteiger partial charge in [-0.1, -0.05) is 158 Å². The monoisotopic (exact) mass is 778 g/mol. The van der Waals surface area contributed by atoms with Crippen molar-refractivity contribution in [1.29, 1.82) is 0 Å². The molecule has 4 heterocycles. The summed E-state index contributed by atoms with van der Waals surface area (Å²) in [4.78, 5) is 4.02. The lowest BCUT2D eigenvalue weighted by Gasteiger charge is -2.47. The van der Waals surface area contributed by atoms with Crippen LogP contribution in [0.4, 0.5) is 17.1 Å². The van der Waals surface area contributed by atoms with E-state index in [0.717, 1.165) is 0 Å². The molecule has 0 fully saturated rings. The smallest absolute Gasteiger partial charge is 0.333 e. The molecule has 1 aliphatic carbocycles. The second kappa shape index (κ2) is 11.7. The van der Waals surface area contributed by atoms with Crippen molar-refractivity contribution < 1.29 is 0 Å². The number of fused-ring (bicyclic) bond motifs is 11. The minimum Gasteiger partial charge on any atom is -0.367 e. The molecule has 9 aromatic rings. The van der Waals surface area contributed by atoms with Crippen LogP contribution in [-0.2, 0) is 16.2 Å². The molecule has 7 aromatic carbocycles. The molecular weight excluding hydrogens is 731 g/mol. The van der Waals surface area contributed by atoms with Crippen LogP contribution in [0.15, 0.2) is 140 Å². The van der Waals surface area contributed by atoms with Crippen molar-refractivity contribution in [3.8, 4) is 22.3 Å². The summed E-state index contributed by atoms with van der Waals surface area (Å²) < 4.78 is 4.10. The minimum atomic E-state index is -0.197. The van der Waals surface area contributed by atoms with Gasteiger partial charge in [0.2, 0.25) is 0 Å². The van der Waals surface area contributed by atoms with Gasteiger partial charge in [0.05, 0.1) is 10.5 Å². The molecule has 2 aliphatic heterocycles. The molecule has 59 heavy (non-hydrogen) atoms. The summed E-state index contributed by atoms with van der Waals surface area (Å²) in [6, 6.07) is 53.8. The van der Waals surface area contributed by atoms with Gasteiger partial charge in [0.1, 0.15) is 0 Å². The molecule has 0 radical (unpaired) electrons. The highest BCUT2D eigenvalue weighted by Crippen LogP contribution is 2.54. The van der Waals surface area contributed by atoms with Crippen molar-refractivity contribution in [1.82, 2.24) is 4.48 Å². The number of aryl methyl sites for hydroxylation is 1. The Bertz CT molecular complexity index is 3280. The third kappa shape index (κ3) is 4.59. The maximum absolute atomic E-state index is 2.75. The van der Waals surface area contributed by atoms with Crippen LogP contribution >= 0.6 is 11.3 Å². The van der Waals surface area contributed by atoms with Gasteiger partial charge < -0.3 is 9.38 Å². The Balaban J connectivity index is 1.26. The molecule has 0 unspecified atom stereocenters. The fourth-order valence-electron chi connectivity index (χ4n) is 11.3. The molecule has 0 saturated heterocycles. The van der Waals surface area contributed by atoms with Crippen LogP contribution in [0.1, 0.15) is 81.8 Å². The Morgan fingerprint density at radius 3 is 1.98 bits per heavy atom. The van der Waals surface area contributed by atoms with E-state index in [4.69, 9.17) is 0 Å². The van der Waals surface area contributed by atoms with Crippen LogP contribution in [0.5, 0.6) is 0 Å². The standard InChI is InChI=1S/C55H47BN2S/c1-32-27-39-35-20-16-21-37-49-36-19-12-15-24-48(36)59-52(49)58(51(35)37)56-44-30-42-43(55(7,8)41-23-14-13-22-40(41)54(42,5)6)31-46(44)57(47(28-32)50(39)56)45-26-25-34(53(2,3)4)29-38(45)33-17-10-9-11-18-33/h9-31H,1-8H3. The first-order valence-electron chi connectivity index (χ1n) is 21.2. The van der Waals surface area contributed by atoms with Gasteiger partial charge in [-0.05, 0) is 98.1 Å². The van der Waals surface area contributed by atoms with Gasteiger partial charge in [-0.15, -0.1) is 11.3 Å². The SMILES string of the molecule is Cc1cc2c3c(c1)N(c1ccc(C(C)(C)C)cc1-c1ccccc1)c1cc4c(cc1B3n1c3sc5ccccc5c3c3cccc-2c31)C(C)(C)c1ccccc1C4(C)C. The number of nitrogens with zero attached hydrogens (tertiary/aromatic N) is 2. The van der Waals surface area contributed by atoms with E-state index in [9.17, 15) is 0 Å². The van der Waals surface area contributed by atoms with Gasteiger partial charge in [0.25, 0.3) is 0 Å². The van der Waals surface area contributed by atoms with E-state index >= 15 is 0 Å². The summed E-state index contributed by atoms with van der Waals surface area (Å²) in [5.74, 6) is 0. The highest BCUT2D eigenvalue weighted by atomic mass is 32.1. The number of para-hydroxylation sites is 1. The molecule has 0 bridgehead atoms. The topological polar surface area (TPSA) is 8.17 Å². The zero-order chi connectivity index (χ0) is 40.3. The van der Waals surface area contributed by atoms with Crippen LogP contribution in [-0.4, -0.2) is 11.3 Å². The molecule has 0 atom stereocenters. The normalized spacial score (nSPS) is 15.7. The van der Waals surface area contributed by atoms with E-state index in [0.29, 0.717) is 0 Å². The first-order valence-corrected chi connectivity index (χ1v) is 22.0. The lowest BCUT2D eigenvalue weighted by molar-refractivity contribution is 0.521. The highest BCUT2D eigenvalue weighted by Gasteiger charge is 2.48. The van der Waals surface area contributed by atoms with Crippen LogP contribution in [0.2, 0.25) is 0 Å². The van der Waals surface area contributed by atoms with Crippen molar-refractivity contribution in [2.24, 2.45) is 0 Å². The highest BCUT2D eigenvalue weighted by molar-refractivity contribution is 7.26. The van der Waals surface area contributed by atoms with Crippen molar-refractivity contribution in [3.63, 3.8) is 0 Å². The molecule has 3 aliphatic rings. The Morgan fingerprint density at radius 2 is 1.24 bits per heavy atom. The lowest BCUT2D eigenvalue weighted by Crippen LogP contribution is -2.57. The number of benzene rings is 7. The van der Waals surface area contributed by atoms with E-state index in [1.807, 2.05) is 11.3 Å². The maximum Gasteiger partial charge on any atom is 0.333 e. The van der Waals surface area contributed by atoms with E-state index in [-0.39, 0.29) is 23.1 Å². The maximum atomic E-state index is 2.75. The first-order chi connectivity index (χ1) is 28.3. The van der Waals surface area contributed by atoms with E-state index < -0.39 is 0 Å². The van der Waals surface area contributed by atoms with E-state index in [1.165, 1.54) is 115 Å². The third-order valence-corrected chi connectivity index (χ3v) is 15.4. The van der Waals surface area contributed by atoms with Crippen molar-refractivity contribution in [2.75, 3.05) is 4.90 Å². The van der Waals surface area contributed by atoms with Crippen LogP contribution in [0.25, 0.3) is 53.5 Å². The quantitative estimate of drug-likeness (QED) is 0.159. The minimum absolute atomic E-state index is 0.00331. The second-order valence-corrected chi connectivity index (χ2v) is 20.5. The molecule has 0 saturated carbocycles. The molecular formula is C55H47BN2S. The number of thiophene rings is 1. The zero-order valence-corrected chi connectivity index (χ0v) is 36.0. The number of hydrogen-bond acceptors (Lipinski definition) is 2. The van der Waals surface area contributed by atoms with E-state index in [2.05, 4.69) is 204 Å². The largest absolute Gasteiger partial charge is 0.367 e. The van der Waals surface area contributed by atoms with Gasteiger partial charge in [-0.25, -0.2) is 0 Å². The molecule has 286 valence electrons. The Hall–Kier alpha value is -5.84. The van der Waals surface area contributed by atoms with Crippen molar-refractivity contribution in [3.05, 3.63) is 173 Å². The molecule has 12 rings (SSSR count). The number of aromatic nitrogens is 1. The third-order valence-electron chi connectivity index (χ3n) is 14.2. The average molecular weight is 779 g/mol. The van der Waals surface area contributed by atoms with Crippen molar-refractivity contribution >= 4 is 77.4 Å². The Morgan fingerprint density at radius 1 is 0.559 bits per heavy atom. The van der Waals surface area contributed by atoms with Gasteiger partial charge in [0.15, 0.2) is 0 Å². The van der Waals surface area contributed by atoms with Crippen LogP contribution < -0.4 is 15.8 Å². The lowest BCUT2D eigenvalue weighted by atomic mass is 9.44. The van der Waals surface area contributed by atoms with Gasteiger partial charge in [0, 0.05) is 59.7 Å². The molecule has 0 amide bonds. The number of hydrogen-bond donors (Lipinski definition) is 0. The molecule has 0 spiro atoms. The Labute approximate surface area is 351 Å². The zero-order valence-electron chi connectivity index (χ0n) is 35.2. The molecule has 4 heteroatoms. The Kier molecular flexibility index (Phi) is 6.95. The fraction of sp³-hybridized carbons (Fsp3) is 0.200. The molecule has 2 nitrogen and oxygen atoms in total. The van der Waals surface area contributed by atoms with E-state index in [1.54, 1.807) is 0 Å². The van der Waals surface area contributed by atoms with Crippen LogP contribution in [0, 0.1) is 6.92 Å². The number of rotatable bonds is 2. The second-order valence-electron chi connectivity index (χ2n) is 19.4. The summed E-state index contributed by atoms with van der Waals surface area (Å²) in [7, 11) is 0. The van der Waals surface area contributed by atoms with Crippen LogP contribution in [0.3, 0.4) is 0 Å². The summed E-state index contributed by atoms with van der Waals surface area (Å²) >= 11 is 1.95. The van der Waals surface area contributed by atoms with Crippen molar-refractivity contribution in [2.45, 2.75) is 71.6 Å². The molecule has 0 N–H and O–H groups in total. The predicted octanol–water partition coefficient (Wildman–Crippen LogP) is 13.7. The summed E-state index contributed by atoms with van der Waals surface area (Å²) in [5.41, 5.74) is 21.0. The van der Waals surface area contributed by atoms with Gasteiger partial charge in [-0.2, -0.15) is 0 Å². The summed E-state index contributed by atoms with van der Waals surface area (Å²) in [6.07, 6.45) is 0. The number of anilines is 3. The van der Waals surface area contributed by atoms with Gasteiger partial charge >= 0.3 is 6.85 Å². The molecule has 2 aromatic heterocycles. The van der Waals surface area contributed by atoms with Gasteiger partial charge in [-0.3, -0.25) is 0 Å². The summed E-state index contributed by atoms with van der Waals surface area (Å²) in [5, 5.41) is 4.09. The fourth-order valence-corrected chi connectivity index (χ4v) is 12.5. The first kappa shape index (κ1) is 35.1. The summed E-state index contributed by atoms with van der Waals surface area (Å²) in [6.45, 7) is 19.0. The predicted molar refractivity (Wildman–Crippen MR) is 255 cm³/mol. The average Bonchev–Trinajstić information content (AvgIpc) is 3.77.